The van der Waals surface area contributed by atoms with Crippen molar-refractivity contribution in [2.45, 2.75) is 6.92 Å². The van der Waals surface area contributed by atoms with E-state index in [1.807, 2.05) is 0 Å². The Hall–Kier alpha value is 1.15. The average Bonchev–Trinajstić information content (AvgIpc) is 1.47. The molecular weight excluding hydrogens is 347 g/mol. The molecule has 0 saturated heterocycles. The molecule has 0 atom stereocenters. The van der Waals surface area contributed by atoms with Crippen molar-refractivity contribution in [3.05, 3.63) is 0 Å². The predicted octanol–water partition coefficient (Wildman–Crippen LogP) is -6.54. The fourth-order valence-electron chi connectivity index (χ4n) is 0.105. The number of hydrogen-bond acceptors (Lipinski definition) is 8. The minimum atomic E-state index is -6.01. The first-order valence-corrected chi connectivity index (χ1v) is 6.47. The van der Waals surface area contributed by atoms with Gasteiger partial charge in [0.25, 0.3) is 0 Å². The van der Waals surface area contributed by atoms with Gasteiger partial charge in [0.2, 0.25) is 0 Å². The summed E-state index contributed by atoms with van der Waals surface area (Å²) in [5, 5.41) is 8.89. The topological polar surface area (TPSA) is 161 Å². The van der Waals surface area contributed by atoms with Crippen molar-refractivity contribution >= 4 is 5.97 Å². The molecule has 0 aliphatic carbocycles. The summed E-state index contributed by atoms with van der Waals surface area (Å²) in [7, 11) is 0. The van der Waals surface area contributed by atoms with Gasteiger partial charge in [-0.15, -0.1) is 0 Å². The summed E-state index contributed by atoms with van der Waals surface area (Å²) >= 11 is -11.8. The van der Waals surface area contributed by atoms with Crippen LogP contribution >= 0.6 is 0 Å². The monoisotopic (exact) mass is 351 g/mol. The normalized spacial score (nSPS) is 9.80. The fraction of sp³-hybridized carbons (Fsp3) is 0.500. The Kier molecular flexibility index (Phi) is 17.3. The number of carboxylic acids is 1. The molecule has 0 unspecified atom stereocenters. The van der Waals surface area contributed by atoms with Gasteiger partial charge in [0.1, 0.15) is 0 Å². The third-order valence-electron chi connectivity index (χ3n) is 0.169. The van der Waals surface area contributed by atoms with Gasteiger partial charge in [0.05, 0.1) is 0 Å². The molecule has 0 spiro atoms. The Balaban J connectivity index is -0.0000000883. The van der Waals surface area contributed by atoms with Gasteiger partial charge >= 0.3 is 101 Å². The Bertz CT molecular complexity index is 319. The van der Waals surface area contributed by atoms with E-state index in [1.165, 1.54) is 0 Å². The van der Waals surface area contributed by atoms with Crippen LogP contribution in [0.1, 0.15) is 6.92 Å². The van der Waals surface area contributed by atoms with Gasteiger partial charge in [0.15, 0.2) is 0 Å². The second-order valence-electron chi connectivity index (χ2n) is 1.40. The number of carbonyl (C=O) groups is 1. The Morgan fingerprint density at radius 1 is 1.27 bits per heavy atom. The van der Waals surface area contributed by atoms with Crippen LogP contribution in [0.25, 0.3) is 0 Å². The molecular formula is C2H4Cr3NaO9. The first-order valence-electron chi connectivity index (χ1n) is 2.26. The summed E-state index contributed by atoms with van der Waals surface area (Å²) in [5.41, 5.74) is 0. The van der Waals surface area contributed by atoms with Crippen molar-refractivity contribution in [2.75, 3.05) is 0 Å². The standard InChI is InChI=1S/C2H4O2.3Cr.Na.H2O.6O/c1-2(3)4;;;;;;;;;;;/h1H3,(H,3,4);;;;;1H2;;;;;;/q;;3*+1;;;;;;;-1/p-2. The van der Waals surface area contributed by atoms with E-state index >= 15 is 0 Å². The van der Waals surface area contributed by atoms with Gasteiger partial charge in [-0.1, -0.05) is 0 Å². The zero-order valence-corrected chi connectivity index (χ0v) is 13.3. The number of hydrogen-bond donors (Lipinski definition) is 1. The van der Waals surface area contributed by atoms with Crippen LogP contribution in [0.2, 0.25) is 0 Å². The van der Waals surface area contributed by atoms with Crippen molar-refractivity contribution < 1.29 is 110 Å². The van der Waals surface area contributed by atoms with Gasteiger partial charge in [-0.05, 0) is 6.92 Å². The quantitative estimate of drug-likeness (QED) is 0.477. The van der Waals surface area contributed by atoms with Crippen LogP contribution in [0.4, 0.5) is 0 Å². The van der Waals surface area contributed by atoms with Crippen LogP contribution in [-0.4, -0.2) is 10.1 Å². The van der Waals surface area contributed by atoms with Gasteiger partial charge in [-0.2, -0.15) is 0 Å². The molecule has 0 bridgehead atoms. The zero-order chi connectivity index (χ0) is 11.3. The summed E-state index contributed by atoms with van der Waals surface area (Å²) in [6.07, 6.45) is 0. The molecule has 0 fully saturated rings. The van der Waals surface area contributed by atoms with Crippen LogP contribution in [0.15, 0.2) is 0 Å². The van der Waals surface area contributed by atoms with E-state index in [0.29, 0.717) is 0 Å². The SMILES string of the molecule is CC(=O)[O-].[Cr+].[Na+].[O]=[Cr](=[O])([O-])[O][Cr](=[O])(=[O])[OH]. The van der Waals surface area contributed by atoms with Crippen molar-refractivity contribution in [2.24, 2.45) is 0 Å². The van der Waals surface area contributed by atoms with Crippen LogP contribution in [0, 0.1) is 0 Å². The van der Waals surface area contributed by atoms with E-state index in [0.717, 1.165) is 6.92 Å². The van der Waals surface area contributed by atoms with Crippen LogP contribution in [-0.2, 0) is 67.4 Å². The second-order valence-corrected chi connectivity index (χ2v) is 5.10. The van der Waals surface area contributed by atoms with E-state index < -0.39 is 33.2 Å². The Morgan fingerprint density at radius 3 is 1.47 bits per heavy atom. The van der Waals surface area contributed by atoms with Crippen LogP contribution in [0.3, 0.4) is 0 Å². The molecule has 0 aliphatic rings. The predicted molar refractivity (Wildman–Crippen MR) is 16.7 cm³/mol. The van der Waals surface area contributed by atoms with Crippen molar-refractivity contribution in [1.82, 2.24) is 0 Å². The maximum atomic E-state index is 9.49. The Morgan fingerprint density at radius 2 is 1.47 bits per heavy atom. The third-order valence-corrected chi connectivity index (χ3v) is 2.88. The maximum absolute atomic E-state index is 9.49. The van der Waals surface area contributed by atoms with Crippen molar-refractivity contribution in [1.29, 1.82) is 0 Å². The molecule has 13 heteroatoms. The van der Waals surface area contributed by atoms with Crippen molar-refractivity contribution in [3.8, 4) is 0 Å². The second kappa shape index (κ2) is 10.3. The Labute approximate surface area is 122 Å². The molecule has 1 radical (unpaired) electrons. The van der Waals surface area contributed by atoms with E-state index in [4.69, 9.17) is 14.1 Å². The molecule has 9 nitrogen and oxygen atoms in total. The summed E-state index contributed by atoms with van der Waals surface area (Å²) < 4.78 is 57.6. The summed E-state index contributed by atoms with van der Waals surface area (Å²) in [4.78, 5) is 8.89. The molecule has 0 amide bonds. The van der Waals surface area contributed by atoms with Crippen LogP contribution < -0.4 is 38.8 Å². The molecule has 1 N–H and O–H groups in total. The van der Waals surface area contributed by atoms with E-state index in [1.54, 1.807) is 0 Å². The fourth-order valence-corrected chi connectivity index (χ4v) is 1.79. The summed E-state index contributed by atoms with van der Waals surface area (Å²) in [6.45, 7) is 0.972. The van der Waals surface area contributed by atoms with Gasteiger partial charge < -0.3 is 9.90 Å². The van der Waals surface area contributed by atoms with Crippen LogP contribution in [0.5, 0.6) is 0 Å². The number of carbonyl (C=O) groups excluding carboxylic acids is 1. The number of carboxylic acid groups (broad SMARTS) is 1. The average molecular weight is 351 g/mol. The molecule has 0 aliphatic heterocycles. The number of aliphatic carboxylic acids is 1. The summed E-state index contributed by atoms with van der Waals surface area (Å²) in [5.74, 6) is -1.08. The molecule has 0 aromatic carbocycles. The number of rotatable bonds is 2. The van der Waals surface area contributed by atoms with E-state index in [9.17, 15) is 19.4 Å². The molecule has 0 aromatic heterocycles. The van der Waals surface area contributed by atoms with Gasteiger partial charge in [-0.25, -0.2) is 0 Å². The molecule has 15 heavy (non-hydrogen) atoms. The zero-order valence-electron chi connectivity index (χ0n) is 7.44. The minimum absolute atomic E-state index is 0. The van der Waals surface area contributed by atoms with Gasteiger partial charge in [-0.3, -0.25) is 0 Å². The molecule has 0 aromatic rings. The molecule has 0 rings (SSSR count). The van der Waals surface area contributed by atoms with E-state index in [2.05, 4.69) is 2.84 Å². The first kappa shape index (κ1) is 25.1. The third kappa shape index (κ3) is 51.3. The molecule has 85 valence electrons. The summed E-state index contributed by atoms with van der Waals surface area (Å²) in [6, 6.07) is 0. The van der Waals surface area contributed by atoms with Crippen molar-refractivity contribution in [3.63, 3.8) is 0 Å². The molecule has 0 saturated carbocycles. The first-order chi connectivity index (χ1) is 5.44. The van der Waals surface area contributed by atoms with E-state index in [-0.39, 0.29) is 46.9 Å². The molecule has 0 heterocycles. The van der Waals surface area contributed by atoms with Gasteiger partial charge in [0, 0.05) is 5.97 Å².